The number of nitrogens with zero attached hydrogens (tertiary/aromatic N) is 3. The lowest BCUT2D eigenvalue weighted by Crippen LogP contribution is -2.48. The first-order valence-electron chi connectivity index (χ1n) is 8.55. The number of hydrogen-bond donors (Lipinski definition) is 0. The van der Waals surface area contributed by atoms with Crippen LogP contribution in [0.4, 0.5) is 8.78 Å². The highest BCUT2D eigenvalue weighted by Crippen LogP contribution is 2.38. The van der Waals surface area contributed by atoms with Crippen LogP contribution in [0.2, 0.25) is 0 Å². The molecule has 25 heavy (non-hydrogen) atoms. The fourth-order valence-corrected chi connectivity index (χ4v) is 3.56. The monoisotopic (exact) mass is 345 g/mol. The Morgan fingerprint density at radius 1 is 1.28 bits per heavy atom. The SMILES string of the molecule is CC1=CN2C(=CN1Cc1cccc(F)c1)C=NC2C1(F)CCOCC1. The molecular weight excluding hydrogens is 324 g/mol. The molecule has 0 N–H and O–H groups in total. The summed E-state index contributed by atoms with van der Waals surface area (Å²) in [5, 5.41) is 0. The molecule has 1 unspecified atom stereocenters. The molecule has 4 nitrogen and oxygen atoms in total. The van der Waals surface area contributed by atoms with Crippen LogP contribution in [0.1, 0.15) is 25.3 Å². The van der Waals surface area contributed by atoms with Crippen molar-refractivity contribution in [1.82, 2.24) is 9.80 Å². The van der Waals surface area contributed by atoms with E-state index >= 15 is 4.39 Å². The Morgan fingerprint density at radius 2 is 2.08 bits per heavy atom. The summed E-state index contributed by atoms with van der Waals surface area (Å²) in [5.74, 6) is -0.244. The fourth-order valence-electron chi connectivity index (χ4n) is 3.56. The van der Waals surface area contributed by atoms with Crippen molar-refractivity contribution in [2.75, 3.05) is 13.2 Å². The van der Waals surface area contributed by atoms with E-state index in [1.54, 1.807) is 12.3 Å². The number of ether oxygens (including phenoxy) is 1. The van der Waals surface area contributed by atoms with Crippen molar-refractivity contribution in [2.45, 2.75) is 38.1 Å². The molecule has 0 aromatic heterocycles. The number of hydrogen-bond acceptors (Lipinski definition) is 4. The standard InChI is InChI=1S/C19H21F2N3O/c1-14-11-24-17(10-22-18(24)19(21)5-7-25-8-6-19)13-23(14)12-15-3-2-4-16(20)9-15/h2-4,9-11,13,18H,5-8,12H2,1H3. The van der Waals surface area contributed by atoms with Gasteiger partial charge in [0.15, 0.2) is 11.8 Å². The minimum atomic E-state index is -1.37. The van der Waals surface area contributed by atoms with Gasteiger partial charge in [-0.15, -0.1) is 0 Å². The van der Waals surface area contributed by atoms with Gasteiger partial charge < -0.3 is 14.5 Å². The zero-order valence-electron chi connectivity index (χ0n) is 14.2. The van der Waals surface area contributed by atoms with E-state index in [2.05, 4.69) is 4.99 Å². The molecule has 3 aliphatic heterocycles. The van der Waals surface area contributed by atoms with Gasteiger partial charge in [-0.05, 0) is 24.6 Å². The first-order chi connectivity index (χ1) is 12.0. The maximum atomic E-state index is 15.3. The number of allylic oxidation sites excluding steroid dienone is 2. The number of halogens is 2. The van der Waals surface area contributed by atoms with Gasteiger partial charge in [0.25, 0.3) is 0 Å². The number of aliphatic imine (C=N–C) groups is 1. The molecule has 6 heteroatoms. The number of fused-ring (bicyclic) bond motifs is 1. The highest BCUT2D eigenvalue weighted by atomic mass is 19.1. The Balaban J connectivity index is 1.54. The van der Waals surface area contributed by atoms with Crippen molar-refractivity contribution in [1.29, 1.82) is 0 Å². The Morgan fingerprint density at radius 3 is 2.84 bits per heavy atom. The Labute approximate surface area is 146 Å². The van der Waals surface area contributed by atoms with Crippen molar-refractivity contribution >= 4 is 6.21 Å². The molecule has 4 rings (SSSR count). The van der Waals surface area contributed by atoms with Crippen LogP contribution in [0.5, 0.6) is 0 Å². The fraction of sp³-hybridized carbons (Fsp3) is 0.421. The van der Waals surface area contributed by atoms with Gasteiger partial charge in [0.1, 0.15) is 5.82 Å². The van der Waals surface area contributed by atoms with Gasteiger partial charge in [-0.25, -0.2) is 8.78 Å². The van der Waals surface area contributed by atoms with Crippen LogP contribution >= 0.6 is 0 Å². The van der Waals surface area contributed by atoms with Crippen molar-refractivity contribution < 1.29 is 13.5 Å². The predicted octanol–water partition coefficient (Wildman–Crippen LogP) is 3.58. The van der Waals surface area contributed by atoms with Crippen LogP contribution < -0.4 is 0 Å². The van der Waals surface area contributed by atoms with Crippen molar-refractivity contribution in [3.63, 3.8) is 0 Å². The summed E-state index contributed by atoms with van der Waals surface area (Å²) in [5.41, 5.74) is 1.34. The summed E-state index contributed by atoms with van der Waals surface area (Å²) in [6.45, 7) is 3.40. The summed E-state index contributed by atoms with van der Waals surface area (Å²) in [4.78, 5) is 8.37. The molecule has 1 atom stereocenters. The quantitative estimate of drug-likeness (QED) is 0.838. The summed E-state index contributed by atoms with van der Waals surface area (Å²) in [6.07, 6.45) is 5.80. The lowest BCUT2D eigenvalue weighted by Gasteiger charge is -2.40. The van der Waals surface area contributed by atoms with E-state index in [-0.39, 0.29) is 5.82 Å². The van der Waals surface area contributed by atoms with Crippen LogP contribution in [0.3, 0.4) is 0 Å². The smallest absolute Gasteiger partial charge is 0.159 e. The third-order valence-electron chi connectivity index (χ3n) is 5.01. The van der Waals surface area contributed by atoms with Crippen LogP contribution in [0.15, 0.2) is 53.1 Å². The van der Waals surface area contributed by atoms with Crippen molar-refractivity contribution in [3.05, 3.63) is 59.4 Å². The van der Waals surface area contributed by atoms with Crippen LogP contribution in [0, 0.1) is 5.82 Å². The summed E-state index contributed by atoms with van der Waals surface area (Å²) in [7, 11) is 0. The molecule has 0 radical (unpaired) electrons. The maximum Gasteiger partial charge on any atom is 0.159 e. The maximum absolute atomic E-state index is 15.3. The molecule has 0 saturated carbocycles. The first-order valence-corrected chi connectivity index (χ1v) is 8.55. The largest absolute Gasteiger partial charge is 0.381 e. The van der Waals surface area contributed by atoms with Gasteiger partial charge in [-0.2, -0.15) is 0 Å². The normalized spacial score (nSPS) is 24.8. The first kappa shape index (κ1) is 16.3. The lowest BCUT2D eigenvalue weighted by molar-refractivity contribution is -0.0418. The number of rotatable bonds is 3. The van der Waals surface area contributed by atoms with E-state index in [1.807, 2.05) is 35.2 Å². The molecule has 0 aliphatic carbocycles. The Hall–Kier alpha value is -2.21. The van der Waals surface area contributed by atoms with Gasteiger partial charge in [0.2, 0.25) is 0 Å². The van der Waals surface area contributed by atoms with E-state index in [1.165, 1.54) is 12.1 Å². The van der Waals surface area contributed by atoms with Gasteiger partial charge in [0.05, 0.1) is 5.70 Å². The number of benzene rings is 1. The van der Waals surface area contributed by atoms with E-state index in [4.69, 9.17) is 4.74 Å². The minimum Gasteiger partial charge on any atom is -0.381 e. The molecule has 1 aromatic carbocycles. The van der Waals surface area contributed by atoms with Gasteiger partial charge in [0, 0.05) is 56.9 Å². The van der Waals surface area contributed by atoms with Crippen LogP contribution in [-0.4, -0.2) is 41.1 Å². The molecule has 1 saturated heterocycles. The summed E-state index contributed by atoms with van der Waals surface area (Å²) in [6, 6.07) is 6.57. The topological polar surface area (TPSA) is 28.1 Å². The van der Waals surface area contributed by atoms with Crippen molar-refractivity contribution in [2.24, 2.45) is 4.99 Å². The summed E-state index contributed by atoms with van der Waals surface area (Å²) >= 11 is 0. The second-order valence-corrected chi connectivity index (χ2v) is 6.79. The second-order valence-electron chi connectivity index (χ2n) is 6.79. The molecule has 0 spiro atoms. The van der Waals surface area contributed by atoms with Gasteiger partial charge in [-0.1, -0.05) is 12.1 Å². The van der Waals surface area contributed by atoms with Crippen LogP contribution in [0.25, 0.3) is 0 Å². The minimum absolute atomic E-state index is 0.244. The molecule has 0 bridgehead atoms. The molecule has 1 aromatic rings. The highest BCUT2D eigenvalue weighted by molar-refractivity contribution is 5.81. The Kier molecular flexibility index (Phi) is 4.07. The average Bonchev–Trinajstić information content (AvgIpc) is 2.99. The molecular formula is C19H21F2N3O. The highest BCUT2D eigenvalue weighted by Gasteiger charge is 2.46. The van der Waals surface area contributed by atoms with E-state index in [0.717, 1.165) is 17.0 Å². The molecule has 3 aliphatic rings. The molecule has 132 valence electrons. The van der Waals surface area contributed by atoms with Gasteiger partial charge in [-0.3, -0.25) is 4.99 Å². The predicted molar refractivity (Wildman–Crippen MR) is 91.8 cm³/mol. The van der Waals surface area contributed by atoms with Crippen molar-refractivity contribution in [3.8, 4) is 0 Å². The number of alkyl halides is 1. The van der Waals surface area contributed by atoms with E-state index in [0.29, 0.717) is 32.6 Å². The van der Waals surface area contributed by atoms with Crippen LogP contribution in [-0.2, 0) is 11.3 Å². The molecule has 3 heterocycles. The average molecular weight is 345 g/mol. The lowest BCUT2D eigenvalue weighted by atomic mass is 9.92. The zero-order valence-corrected chi connectivity index (χ0v) is 14.2. The Bertz CT molecular complexity index is 753. The van der Waals surface area contributed by atoms with Gasteiger partial charge >= 0.3 is 0 Å². The van der Waals surface area contributed by atoms with E-state index < -0.39 is 11.8 Å². The zero-order chi connectivity index (χ0) is 17.4. The third kappa shape index (κ3) is 3.06. The molecule has 0 amide bonds. The third-order valence-corrected chi connectivity index (χ3v) is 5.01. The van der Waals surface area contributed by atoms with E-state index in [9.17, 15) is 4.39 Å². The summed E-state index contributed by atoms with van der Waals surface area (Å²) < 4.78 is 34.0. The second kappa shape index (κ2) is 6.26. The molecule has 1 fully saturated rings.